The SMILES string of the molecule is CCC[CH2][Sn]([CH2]/C=C/OCCCC(OCCCc1ccccc1)OCCCc1ccccc1)([CH2]CCC)[CH2]CCC. The number of benzene rings is 2. The third-order valence-electron chi connectivity index (χ3n) is 8.14. The fraction of sp³-hybridized carbons (Fsp3) is 0.622. The van der Waals surface area contributed by atoms with Crippen LogP contribution >= 0.6 is 0 Å². The van der Waals surface area contributed by atoms with E-state index < -0.39 is 18.4 Å². The summed E-state index contributed by atoms with van der Waals surface area (Å²) in [4.78, 5) is 0. The van der Waals surface area contributed by atoms with Crippen LogP contribution in [0.1, 0.15) is 96.1 Å². The van der Waals surface area contributed by atoms with Gasteiger partial charge in [-0.3, -0.25) is 0 Å². The van der Waals surface area contributed by atoms with Crippen molar-refractivity contribution in [3.05, 3.63) is 84.1 Å². The Hall–Kier alpha value is -1.30. The number of allylic oxidation sites excluding steroid dienone is 1. The van der Waals surface area contributed by atoms with Crippen LogP contribution in [-0.4, -0.2) is 44.5 Å². The average Bonchev–Trinajstić information content (AvgIpc) is 3.01. The maximum atomic E-state index is 6.21. The minimum atomic E-state index is -2.10. The second-order valence-electron chi connectivity index (χ2n) is 11.7. The van der Waals surface area contributed by atoms with Crippen molar-refractivity contribution in [2.45, 2.75) is 122 Å². The topological polar surface area (TPSA) is 27.7 Å². The molecule has 0 N–H and O–H groups in total. The molecule has 2 aromatic rings. The molecule has 0 aliphatic carbocycles. The quantitative estimate of drug-likeness (QED) is 0.0431. The van der Waals surface area contributed by atoms with Gasteiger partial charge in [-0.15, -0.1) is 0 Å². The molecule has 3 nitrogen and oxygen atoms in total. The maximum absolute atomic E-state index is 6.21. The van der Waals surface area contributed by atoms with Crippen LogP contribution in [0.15, 0.2) is 73.0 Å². The van der Waals surface area contributed by atoms with Gasteiger partial charge < -0.3 is 0 Å². The van der Waals surface area contributed by atoms with E-state index in [0.717, 1.165) is 58.3 Å². The third-order valence-corrected chi connectivity index (χ3v) is 23.4. The molecule has 41 heavy (non-hydrogen) atoms. The first-order chi connectivity index (χ1) is 20.2. The van der Waals surface area contributed by atoms with Crippen molar-refractivity contribution in [3.63, 3.8) is 0 Å². The second-order valence-corrected chi connectivity index (χ2v) is 25.8. The van der Waals surface area contributed by atoms with Gasteiger partial charge in [-0.05, 0) is 11.1 Å². The molecule has 0 spiro atoms. The van der Waals surface area contributed by atoms with E-state index in [-0.39, 0.29) is 6.29 Å². The van der Waals surface area contributed by atoms with Gasteiger partial charge in [0, 0.05) is 0 Å². The van der Waals surface area contributed by atoms with E-state index in [9.17, 15) is 0 Å². The molecule has 0 saturated heterocycles. The van der Waals surface area contributed by atoms with Crippen molar-refractivity contribution in [2.75, 3.05) is 19.8 Å². The summed E-state index contributed by atoms with van der Waals surface area (Å²) in [6, 6.07) is 21.3. The van der Waals surface area contributed by atoms with Crippen molar-refractivity contribution >= 4 is 18.4 Å². The van der Waals surface area contributed by atoms with E-state index in [1.165, 1.54) is 54.1 Å². The van der Waals surface area contributed by atoms with Crippen LogP contribution in [0.25, 0.3) is 0 Å². The van der Waals surface area contributed by atoms with Crippen molar-refractivity contribution in [1.82, 2.24) is 0 Å². The van der Waals surface area contributed by atoms with Gasteiger partial charge in [-0.2, -0.15) is 0 Å². The summed E-state index contributed by atoms with van der Waals surface area (Å²) in [7, 11) is 0. The molecule has 0 atom stereocenters. The zero-order valence-electron chi connectivity index (χ0n) is 26.7. The van der Waals surface area contributed by atoms with Crippen LogP contribution in [0.2, 0.25) is 17.7 Å². The van der Waals surface area contributed by atoms with Crippen molar-refractivity contribution < 1.29 is 14.2 Å². The summed E-state index contributed by atoms with van der Waals surface area (Å²) >= 11 is -2.10. The van der Waals surface area contributed by atoms with Crippen LogP contribution < -0.4 is 0 Å². The normalized spacial score (nSPS) is 12.0. The Balaban J connectivity index is 1.76. The zero-order chi connectivity index (χ0) is 29.3. The standard InChI is InChI=1S/C25H33O3.3C4H9.Sn/c1-2-19-26-20-11-18-25(27-21-9-16-23-12-5-3-6-13-23)28-22-10-17-24-14-7-4-8-15-24;3*1-3-4-2;/h2-8,12-15,19,25H,1,9-11,16-18,20-22H2;3*1,3-4H2,2H3;/b19-2+;;;;. The van der Waals surface area contributed by atoms with Gasteiger partial charge >= 0.3 is 187 Å². The summed E-state index contributed by atoms with van der Waals surface area (Å²) in [5.41, 5.74) is 2.73. The van der Waals surface area contributed by atoms with E-state index in [2.05, 4.69) is 87.5 Å². The molecule has 0 unspecified atom stereocenters. The Morgan fingerprint density at radius 1 is 0.610 bits per heavy atom. The molecule has 230 valence electrons. The molecule has 2 rings (SSSR count). The zero-order valence-corrected chi connectivity index (χ0v) is 29.5. The molecule has 0 saturated carbocycles. The molecule has 0 aliphatic rings. The van der Waals surface area contributed by atoms with Gasteiger partial charge in [-0.1, -0.05) is 60.7 Å². The first kappa shape index (κ1) is 35.9. The number of rotatable bonds is 26. The van der Waals surface area contributed by atoms with Crippen LogP contribution in [-0.2, 0) is 27.1 Å². The fourth-order valence-corrected chi connectivity index (χ4v) is 20.6. The van der Waals surface area contributed by atoms with Crippen LogP contribution in [0.4, 0.5) is 0 Å². The third kappa shape index (κ3) is 17.4. The molecule has 0 radical (unpaired) electrons. The molecule has 0 aliphatic heterocycles. The Kier molecular flexibility index (Phi) is 21.2. The number of aryl methyl sites for hydroxylation is 2. The van der Waals surface area contributed by atoms with Crippen LogP contribution in [0, 0.1) is 0 Å². The van der Waals surface area contributed by atoms with Crippen molar-refractivity contribution in [2.24, 2.45) is 0 Å². The van der Waals surface area contributed by atoms with Gasteiger partial charge in [0.25, 0.3) is 0 Å². The van der Waals surface area contributed by atoms with Crippen molar-refractivity contribution in [1.29, 1.82) is 0 Å². The van der Waals surface area contributed by atoms with Crippen LogP contribution in [0.5, 0.6) is 0 Å². The predicted octanol–water partition coefficient (Wildman–Crippen LogP) is 10.8. The molecule has 0 fully saturated rings. The summed E-state index contributed by atoms with van der Waals surface area (Å²) < 4.78 is 24.5. The van der Waals surface area contributed by atoms with E-state index in [0.29, 0.717) is 0 Å². The first-order valence-electron chi connectivity index (χ1n) is 16.8. The van der Waals surface area contributed by atoms with E-state index in [1.54, 1.807) is 13.3 Å². The Labute approximate surface area is 257 Å². The Bertz CT molecular complexity index is 801. The van der Waals surface area contributed by atoms with Gasteiger partial charge in [0.2, 0.25) is 0 Å². The van der Waals surface area contributed by atoms with Gasteiger partial charge in [0.15, 0.2) is 0 Å². The predicted molar refractivity (Wildman–Crippen MR) is 179 cm³/mol. The molecular formula is C37H60O3Sn. The van der Waals surface area contributed by atoms with E-state index >= 15 is 0 Å². The monoisotopic (exact) mass is 672 g/mol. The summed E-state index contributed by atoms with van der Waals surface area (Å²) in [6.07, 6.45) is 18.5. The average molecular weight is 672 g/mol. The first-order valence-corrected chi connectivity index (χ1v) is 24.9. The van der Waals surface area contributed by atoms with Gasteiger partial charge in [-0.25, -0.2) is 0 Å². The van der Waals surface area contributed by atoms with Gasteiger partial charge in [0.1, 0.15) is 0 Å². The van der Waals surface area contributed by atoms with E-state index in [1.807, 2.05) is 6.26 Å². The minimum absolute atomic E-state index is 0.157. The summed E-state index contributed by atoms with van der Waals surface area (Å²) in [5, 5.41) is 0. The second kappa shape index (κ2) is 24.2. The molecule has 0 amide bonds. The Morgan fingerprint density at radius 3 is 1.56 bits per heavy atom. The molecule has 0 heterocycles. The number of hydrogen-bond acceptors (Lipinski definition) is 3. The number of ether oxygens (including phenoxy) is 3. The number of hydrogen-bond donors (Lipinski definition) is 0. The fourth-order valence-electron chi connectivity index (χ4n) is 5.59. The van der Waals surface area contributed by atoms with Crippen LogP contribution in [0.3, 0.4) is 0 Å². The molecule has 0 aromatic heterocycles. The van der Waals surface area contributed by atoms with Gasteiger partial charge in [0.05, 0.1) is 0 Å². The Morgan fingerprint density at radius 2 is 1.10 bits per heavy atom. The molecule has 0 bridgehead atoms. The summed E-state index contributed by atoms with van der Waals surface area (Å²) in [5.74, 6) is 0. The summed E-state index contributed by atoms with van der Waals surface area (Å²) in [6.45, 7) is 9.23. The van der Waals surface area contributed by atoms with Crippen molar-refractivity contribution in [3.8, 4) is 0 Å². The molecule has 4 heteroatoms. The number of unbranched alkanes of at least 4 members (excludes halogenated alkanes) is 3. The molecule has 2 aromatic carbocycles. The molecular weight excluding hydrogens is 611 g/mol. The van der Waals surface area contributed by atoms with E-state index in [4.69, 9.17) is 14.2 Å².